The minimum atomic E-state index is -0.515. The molecule has 1 saturated carbocycles. The summed E-state index contributed by atoms with van der Waals surface area (Å²) in [5.41, 5.74) is 0.679. The number of aliphatic hydroxyl groups is 1. The summed E-state index contributed by atoms with van der Waals surface area (Å²) in [7, 11) is 1.66. The van der Waals surface area contributed by atoms with Gasteiger partial charge in [-0.3, -0.25) is 0 Å². The number of amides is 1. The molecule has 1 amide bonds. The normalized spacial score (nSPS) is 39.2. The second-order valence-corrected chi connectivity index (χ2v) is 9.50. The minimum Gasteiger partial charge on any atom is -0.443 e. The van der Waals surface area contributed by atoms with E-state index in [9.17, 15) is 9.90 Å². The van der Waals surface area contributed by atoms with Gasteiger partial charge in [0.1, 0.15) is 23.4 Å². The van der Waals surface area contributed by atoms with Crippen molar-refractivity contribution in [2.24, 2.45) is 11.8 Å². The number of rotatable bonds is 8. The highest BCUT2D eigenvalue weighted by molar-refractivity contribution is 5.68. The summed E-state index contributed by atoms with van der Waals surface area (Å²) in [5, 5.41) is 12.2. The largest absolute Gasteiger partial charge is 0.443 e. The molecule has 2 saturated heterocycles. The number of aliphatic hydroxyl groups excluding tert-OH is 1. The van der Waals surface area contributed by atoms with Gasteiger partial charge in [-0.1, -0.05) is 25.5 Å². The Labute approximate surface area is 174 Å². The summed E-state index contributed by atoms with van der Waals surface area (Å²) in [6.07, 6.45) is 3.48. The average molecular weight is 412 g/mol. The third-order valence-electron chi connectivity index (χ3n) is 6.80. The first-order valence-electron chi connectivity index (χ1n) is 10.7. The lowest BCUT2D eigenvalue weighted by atomic mass is 9.68. The first kappa shape index (κ1) is 22.5. The zero-order valence-corrected chi connectivity index (χ0v) is 18.6. The van der Waals surface area contributed by atoms with Crippen LogP contribution in [-0.2, 0) is 18.9 Å². The highest BCUT2D eigenvalue weighted by Gasteiger charge is 2.72. The van der Waals surface area contributed by atoms with Crippen molar-refractivity contribution in [2.45, 2.75) is 89.4 Å². The number of carbonyl (C=O) groups excluding carboxylic acids is 1. The smallest absolute Gasteiger partial charge is 0.407 e. The predicted molar refractivity (Wildman–Crippen MR) is 109 cm³/mol. The number of methoxy groups -OCH3 is 1. The zero-order chi connectivity index (χ0) is 21.4. The van der Waals surface area contributed by atoms with Crippen molar-refractivity contribution in [2.75, 3.05) is 20.3 Å². The van der Waals surface area contributed by atoms with Crippen LogP contribution in [0.2, 0.25) is 0 Å². The Hall–Kier alpha value is -1.15. The first-order chi connectivity index (χ1) is 13.7. The van der Waals surface area contributed by atoms with Crippen molar-refractivity contribution in [1.29, 1.82) is 0 Å². The van der Waals surface area contributed by atoms with Gasteiger partial charge in [0.2, 0.25) is 0 Å². The van der Waals surface area contributed by atoms with Gasteiger partial charge in [0.15, 0.2) is 0 Å². The Morgan fingerprint density at radius 1 is 1.38 bits per heavy atom. The van der Waals surface area contributed by atoms with Crippen LogP contribution in [-0.4, -0.2) is 67.1 Å². The molecule has 7 atom stereocenters. The summed E-state index contributed by atoms with van der Waals surface area (Å²) in [6.45, 7) is 10.8. The molecule has 3 aliphatic rings. The Morgan fingerprint density at radius 3 is 2.59 bits per heavy atom. The molecule has 0 aromatic rings. The third-order valence-corrected chi connectivity index (χ3v) is 6.80. The van der Waals surface area contributed by atoms with Gasteiger partial charge in [-0.25, -0.2) is 4.79 Å². The second-order valence-electron chi connectivity index (χ2n) is 9.50. The fourth-order valence-corrected chi connectivity index (χ4v) is 4.82. The van der Waals surface area contributed by atoms with E-state index in [2.05, 4.69) is 32.2 Å². The van der Waals surface area contributed by atoms with E-state index in [1.165, 1.54) is 5.57 Å². The van der Waals surface area contributed by atoms with Crippen LogP contribution in [0.3, 0.4) is 0 Å². The molecule has 3 fully saturated rings. The Kier molecular flexibility index (Phi) is 6.63. The molecular weight excluding hydrogens is 374 g/mol. The lowest BCUT2D eigenvalue weighted by molar-refractivity contribution is -0.118. The number of hydrogen-bond donors (Lipinski definition) is 2. The summed E-state index contributed by atoms with van der Waals surface area (Å²) in [4.78, 5) is 12.5. The lowest BCUT2D eigenvalue weighted by Gasteiger charge is -2.42. The number of ether oxygens (including phenoxy) is 4. The molecule has 29 heavy (non-hydrogen) atoms. The van der Waals surface area contributed by atoms with E-state index < -0.39 is 6.09 Å². The van der Waals surface area contributed by atoms with E-state index in [4.69, 9.17) is 18.9 Å². The molecule has 1 aliphatic carbocycles. The molecule has 7 heteroatoms. The number of allylic oxidation sites excluding steroid dienone is 1. The highest BCUT2D eigenvalue weighted by Crippen LogP contribution is 2.59. The topological polar surface area (TPSA) is 92.9 Å². The van der Waals surface area contributed by atoms with Crippen molar-refractivity contribution in [3.8, 4) is 0 Å². The number of carbonyl (C=O) groups is 1. The van der Waals surface area contributed by atoms with Gasteiger partial charge in [-0.2, -0.15) is 0 Å². The van der Waals surface area contributed by atoms with Crippen LogP contribution in [0.15, 0.2) is 11.6 Å². The Balaban J connectivity index is 1.70. The number of nitrogens with one attached hydrogen (secondary N) is 1. The molecular formula is C22H37NO6. The van der Waals surface area contributed by atoms with Crippen LogP contribution in [0.4, 0.5) is 4.79 Å². The van der Waals surface area contributed by atoms with E-state index in [0.29, 0.717) is 13.0 Å². The molecule has 0 bridgehead atoms. The lowest BCUT2D eigenvalue weighted by Crippen LogP contribution is -2.56. The molecule has 2 N–H and O–H groups in total. The molecule has 0 unspecified atom stereocenters. The van der Waals surface area contributed by atoms with Gasteiger partial charge in [0.05, 0.1) is 31.3 Å². The molecule has 3 rings (SSSR count). The quantitative estimate of drug-likeness (QED) is 0.471. The molecule has 166 valence electrons. The van der Waals surface area contributed by atoms with Gasteiger partial charge in [-0.05, 0) is 46.0 Å². The number of hydrogen-bond acceptors (Lipinski definition) is 6. The highest BCUT2D eigenvalue weighted by atomic mass is 16.6. The zero-order valence-electron chi connectivity index (χ0n) is 18.6. The van der Waals surface area contributed by atoms with Crippen molar-refractivity contribution >= 4 is 6.09 Å². The van der Waals surface area contributed by atoms with Crippen LogP contribution < -0.4 is 5.32 Å². The Bertz CT molecular complexity index is 627. The summed E-state index contributed by atoms with van der Waals surface area (Å²) in [6, 6.07) is -0.335. The SMILES string of the molecule is CO[C@@H]1[C@H](OC(=O)N[C@@H](CO)C(C)C)CC[C@]2(CO2)[C@H]1[C@]1(C)O[C@H]1CC=C(C)C. The van der Waals surface area contributed by atoms with Crippen LogP contribution in [0.1, 0.15) is 53.9 Å². The van der Waals surface area contributed by atoms with Crippen molar-refractivity contribution in [1.82, 2.24) is 5.32 Å². The van der Waals surface area contributed by atoms with Gasteiger partial charge in [0.25, 0.3) is 0 Å². The summed E-state index contributed by atoms with van der Waals surface area (Å²) in [5.74, 6) is 0.114. The van der Waals surface area contributed by atoms with Gasteiger partial charge >= 0.3 is 6.09 Å². The maximum Gasteiger partial charge on any atom is 0.407 e. The van der Waals surface area contributed by atoms with Gasteiger partial charge < -0.3 is 29.4 Å². The number of alkyl carbamates (subject to hydrolysis) is 1. The maximum absolute atomic E-state index is 12.5. The van der Waals surface area contributed by atoms with E-state index >= 15 is 0 Å². The van der Waals surface area contributed by atoms with Crippen LogP contribution in [0, 0.1) is 11.8 Å². The fraction of sp³-hybridized carbons (Fsp3) is 0.864. The standard InChI is InChI=1S/C22H37NO6/c1-13(2)7-8-17-21(5,29-17)19-18(26-6)16(9-10-22(19)12-27-22)28-20(25)23-15(11-24)14(3)4/h7,14-19,24H,8-12H2,1-6H3,(H,23,25)/t15-,16+,17-,18+,19+,21+,22-/m0/s1. The number of epoxide rings is 2. The molecule has 1 spiro atoms. The van der Waals surface area contributed by atoms with E-state index in [1.807, 2.05) is 13.8 Å². The molecule has 2 aliphatic heterocycles. The van der Waals surface area contributed by atoms with Crippen LogP contribution >= 0.6 is 0 Å². The minimum absolute atomic E-state index is 0.000787. The predicted octanol–water partition coefficient (Wildman–Crippen LogP) is 2.81. The molecule has 2 heterocycles. The van der Waals surface area contributed by atoms with Crippen LogP contribution in [0.5, 0.6) is 0 Å². The van der Waals surface area contributed by atoms with E-state index in [0.717, 1.165) is 12.8 Å². The Morgan fingerprint density at radius 2 is 2.07 bits per heavy atom. The van der Waals surface area contributed by atoms with E-state index in [1.54, 1.807) is 7.11 Å². The van der Waals surface area contributed by atoms with Gasteiger partial charge in [-0.15, -0.1) is 0 Å². The summed E-state index contributed by atoms with van der Waals surface area (Å²) >= 11 is 0. The maximum atomic E-state index is 12.5. The van der Waals surface area contributed by atoms with Crippen molar-refractivity contribution < 1.29 is 28.8 Å². The fourth-order valence-electron chi connectivity index (χ4n) is 4.82. The van der Waals surface area contributed by atoms with Crippen molar-refractivity contribution in [3.63, 3.8) is 0 Å². The second kappa shape index (κ2) is 8.53. The third kappa shape index (κ3) is 4.63. The molecule has 0 aromatic heterocycles. The molecule has 7 nitrogen and oxygen atoms in total. The van der Waals surface area contributed by atoms with Crippen LogP contribution in [0.25, 0.3) is 0 Å². The molecule has 0 aromatic carbocycles. The summed E-state index contributed by atoms with van der Waals surface area (Å²) < 4.78 is 23.8. The monoisotopic (exact) mass is 411 g/mol. The average Bonchev–Trinajstić information content (AvgIpc) is 3.57. The molecule has 0 radical (unpaired) electrons. The van der Waals surface area contributed by atoms with Crippen molar-refractivity contribution in [3.05, 3.63) is 11.6 Å². The van der Waals surface area contributed by atoms with E-state index in [-0.39, 0.29) is 54.0 Å². The first-order valence-corrected chi connectivity index (χ1v) is 10.7. The van der Waals surface area contributed by atoms with Gasteiger partial charge in [0, 0.05) is 7.11 Å².